The monoisotopic (exact) mass is 233 g/mol. The number of amides is 1. The molecule has 0 N–H and O–H groups in total. The highest BCUT2D eigenvalue weighted by Gasteiger charge is 2.23. The maximum absolute atomic E-state index is 11.6. The van der Waals surface area contributed by atoms with E-state index in [1.54, 1.807) is 4.90 Å². The van der Waals surface area contributed by atoms with E-state index in [0.29, 0.717) is 24.3 Å². The number of alkyl halides is 1. The molecule has 4 heteroatoms. The summed E-state index contributed by atoms with van der Waals surface area (Å²) in [4.78, 5) is 13.4. The summed E-state index contributed by atoms with van der Waals surface area (Å²) in [6, 6.07) is 0. The molecule has 1 fully saturated rings. The van der Waals surface area contributed by atoms with Crippen LogP contribution in [0.2, 0.25) is 0 Å². The molecule has 1 rings (SSSR count). The van der Waals surface area contributed by atoms with E-state index in [4.69, 9.17) is 16.3 Å². The van der Waals surface area contributed by atoms with Gasteiger partial charge in [-0.1, -0.05) is 13.8 Å². The largest absolute Gasteiger partial charge is 0.449 e. The van der Waals surface area contributed by atoms with Crippen LogP contribution in [0.3, 0.4) is 0 Å². The highest BCUT2D eigenvalue weighted by molar-refractivity contribution is 6.18. The Morgan fingerprint density at radius 3 is 2.93 bits per heavy atom. The molecule has 1 atom stereocenters. The van der Waals surface area contributed by atoms with Crippen molar-refractivity contribution in [3.8, 4) is 0 Å². The van der Waals surface area contributed by atoms with E-state index in [9.17, 15) is 4.79 Å². The maximum atomic E-state index is 11.6. The third-order valence-corrected chi connectivity index (χ3v) is 2.97. The molecule has 1 aliphatic heterocycles. The zero-order chi connectivity index (χ0) is 11.3. The van der Waals surface area contributed by atoms with E-state index in [2.05, 4.69) is 0 Å². The lowest BCUT2D eigenvalue weighted by molar-refractivity contribution is 0.0781. The van der Waals surface area contributed by atoms with Gasteiger partial charge in [-0.2, -0.15) is 0 Å². The van der Waals surface area contributed by atoms with Crippen molar-refractivity contribution in [2.45, 2.75) is 26.7 Å². The summed E-state index contributed by atoms with van der Waals surface area (Å²) in [6.45, 7) is 6.13. The van der Waals surface area contributed by atoms with Gasteiger partial charge in [-0.3, -0.25) is 0 Å². The Bertz CT molecular complexity index is 209. The Morgan fingerprint density at radius 2 is 2.33 bits per heavy atom. The van der Waals surface area contributed by atoms with Crippen molar-refractivity contribution in [1.82, 2.24) is 4.90 Å². The number of ether oxygens (including phenoxy) is 1. The van der Waals surface area contributed by atoms with Crippen LogP contribution < -0.4 is 0 Å². The number of piperidine rings is 1. The average Bonchev–Trinajstić information content (AvgIpc) is 2.26. The van der Waals surface area contributed by atoms with Crippen LogP contribution in [0.4, 0.5) is 4.79 Å². The first-order chi connectivity index (χ1) is 7.13. The van der Waals surface area contributed by atoms with Crippen LogP contribution in [0.5, 0.6) is 0 Å². The number of rotatable bonds is 3. The lowest BCUT2D eigenvalue weighted by atomic mass is 10.0. The van der Waals surface area contributed by atoms with Crippen molar-refractivity contribution in [2.24, 2.45) is 11.8 Å². The molecule has 88 valence electrons. The number of hydrogen-bond donors (Lipinski definition) is 0. The normalized spacial score (nSPS) is 21.9. The highest BCUT2D eigenvalue weighted by atomic mass is 35.5. The zero-order valence-electron chi connectivity index (χ0n) is 9.54. The Kier molecular flexibility index (Phi) is 5.23. The van der Waals surface area contributed by atoms with Crippen molar-refractivity contribution in [2.75, 3.05) is 25.6 Å². The Labute approximate surface area is 96.7 Å². The van der Waals surface area contributed by atoms with Crippen LogP contribution >= 0.6 is 11.6 Å². The van der Waals surface area contributed by atoms with Gasteiger partial charge in [0.15, 0.2) is 0 Å². The van der Waals surface area contributed by atoms with Gasteiger partial charge in [0.2, 0.25) is 0 Å². The summed E-state index contributed by atoms with van der Waals surface area (Å²) in [5.41, 5.74) is 0. The van der Waals surface area contributed by atoms with Gasteiger partial charge in [0.05, 0.1) is 6.61 Å². The van der Waals surface area contributed by atoms with Crippen molar-refractivity contribution < 1.29 is 9.53 Å². The smallest absolute Gasteiger partial charge is 0.409 e. The first-order valence-corrected chi connectivity index (χ1v) is 6.14. The van der Waals surface area contributed by atoms with Crippen LogP contribution in [0, 0.1) is 11.8 Å². The van der Waals surface area contributed by atoms with Gasteiger partial charge < -0.3 is 9.64 Å². The molecular formula is C11H20ClNO2. The fourth-order valence-electron chi connectivity index (χ4n) is 1.69. The van der Waals surface area contributed by atoms with Crippen molar-refractivity contribution in [3.63, 3.8) is 0 Å². The van der Waals surface area contributed by atoms with Gasteiger partial charge in [-0.15, -0.1) is 11.6 Å². The van der Waals surface area contributed by atoms with Crippen molar-refractivity contribution in [1.29, 1.82) is 0 Å². The second kappa shape index (κ2) is 6.21. The fourth-order valence-corrected chi connectivity index (χ4v) is 1.94. The maximum Gasteiger partial charge on any atom is 0.409 e. The summed E-state index contributed by atoms with van der Waals surface area (Å²) in [5, 5.41) is 0. The molecule has 0 aromatic rings. The van der Waals surface area contributed by atoms with Gasteiger partial charge in [0.1, 0.15) is 0 Å². The average molecular weight is 234 g/mol. The van der Waals surface area contributed by atoms with Gasteiger partial charge in [0, 0.05) is 19.0 Å². The molecular weight excluding hydrogens is 214 g/mol. The SMILES string of the molecule is CC(C)COC(=O)N1CCCC(CCl)C1. The Hall–Kier alpha value is -0.440. The Balaban J connectivity index is 2.32. The van der Waals surface area contributed by atoms with Crippen LogP contribution in [0.15, 0.2) is 0 Å². The highest BCUT2D eigenvalue weighted by Crippen LogP contribution is 2.18. The summed E-state index contributed by atoms with van der Waals surface area (Å²) in [5.74, 6) is 1.46. The van der Waals surface area contributed by atoms with E-state index in [0.717, 1.165) is 25.9 Å². The summed E-state index contributed by atoms with van der Waals surface area (Å²) < 4.78 is 5.18. The second-order valence-electron chi connectivity index (χ2n) is 4.58. The molecule has 0 spiro atoms. The molecule has 0 aromatic heterocycles. The Morgan fingerprint density at radius 1 is 1.60 bits per heavy atom. The summed E-state index contributed by atoms with van der Waals surface area (Å²) in [7, 11) is 0. The van der Waals surface area contributed by atoms with Gasteiger partial charge in [-0.05, 0) is 24.7 Å². The lowest BCUT2D eigenvalue weighted by Crippen LogP contribution is -2.41. The summed E-state index contributed by atoms with van der Waals surface area (Å²) in [6.07, 6.45) is 1.98. The molecule has 0 bridgehead atoms. The molecule has 1 heterocycles. The van der Waals surface area contributed by atoms with Gasteiger partial charge in [-0.25, -0.2) is 4.79 Å². The van der Waals surface area contributed by atoms with E-state index in [1.165, 1.54) is 0 Å². The van der Waals surface area contributed by atoms with Crippen molar-refractivity contribution >= 4 is 17.7 Å². The fraction of sp³-hybridized carbons (Fsp3) is 0.909. The zero-order valence-corrected chi connectivity index (χ0v) is 10.3. The number of hydrogen-bond acceptors (Lipinski definition) is 2. The molecule has 3 nitrogen and oxygen atoms in total. The first-order valence-electron chi connectivity index (χ1n) is 5.61. The second-order valence-corrected chi connectivity index (χ2v) is 4.89. The molecule has 0 aliphatic carbocycles. The van der Waals surface area contributed by atoms with E-state index in [-0.39, 0.29) is 6.09 Å². The molecule has 1 saturated heterocycles. The predicted molar refractivity (Wildman–Crippen MR) is 61.2 cm³/mol. The van der Waals surface area contributed by atoms with Crippen LogP contribution in [-0.4, -0.2) is 36.6 Å². The predicted octanol–water partition coefficient (Wildman–Crippen LogP) is 2.73. The molecule has 0 aromatic carbocycles. The van der Waals surface area contributed by atoms with Gasteiger partial charge in [0.25, 0.3) is 0 Å². The minimum atomic E-state index is -0.182. The molecule has 0 saturated carbocycles. The minimum absolute atomic E-state index is 0.182. The van der Waals surface area contributed by atoms with Crippen molar-refractivity contribution in [3.05, 3.63) is 0 Å². The van der Waals surface area contributed by atoms with E-state index >= 15 is 0 Å². The lowest BCUT2D eigenvalue weighted by Gasteiger charge is -2.31. The standard InChI is InChI=1S/C11H20ClNO2/c1-9(2)8-15-11(14)13-5-3-4-10(6-12)7-13/h9-10H,3-8H2,1-2H3. The first kappa shape index (κ1) is 12.6. The topological polar surface area (TPSA) is 29.5 Å². The van der Waals surface area contributed by atoms with E-state index < -0.39 is 0 Å². The van der Waals surface area contributed by atoms with E-state index in [1.807, 2.05) is 13.8 Å². The molecule has 15 heavy (non-hydrogen) atoms. The summed E-state index contributed by atoms with van der Waals surface area (Å²) >= 11 is 5.80. The third kappa shape index (κ3) is 4.29. The van der Waals surface area contributed by atoms with Gasteiger partial charge >= 0.3 is 6.09 Å². The number of nitrogens with zero attached hydrogens (tertiary/aromatic N) is 1. The third-order valence-electron chi connectivity index (χ3n) is 2.54. The molecule has 1 unspecified atom stereocenters. The number of halogens is 1. The molecule has 1 amide bonds. The minimum Gasteiger partial charge on any atom is -0.449 e. The molecule has 0 radical (unpaired) electrons. The number of carbonyl (C=O) groups is 1. The van der Waals surface area contributed by atoms with Crippen LogP contribution in [-0.2, 0) is 4.74 Å². The van der Waals surface area contributed by atoms with Crippen LogP contribution in [0.1, 0.15) is 26.7 Å². The quantitative estimate of drug-likeness (QED) is 0.702. The van der Waals surface area contributed by atoms with Crippen LogP contribution in [0.25, 0.3) is 0 Å². The molecule has 1 aliphatic rings. The number of likely N-dealkylation sites (tertiary alicyclic amines) is 1. The number of carbonyl (C=O) groups excluding carboxylic acids is 1.